The number of aliphatic hydroxyl groups excluding tert-OH is 2. The van der Waals surface area contributed by atoms with Gasteiger partial charge in [-0.25, -0.2) is 0 Å². The van der Waals surface area contributed by atoms with E-state index in [0.29, 0.717) is 6.42 Å². The van der Waals surface area contributed by atoms with Gasteiger partial charge in [0.1, 0.15) is 0 Å². The minimum Gasteiger partial charge on any atom is -0.394 e. The summed E-state index contributed by atoms with van der Waals surface area (Å²) >= 11 is 0. The van der Waals surface area contributed by atoms with Gasteiger partial charge in [-0.15, -0.1) is 0 Å². The first-order chi connectivity index (χ1) is 28.7. The summed E-state index contributed by atoms with van der Waals surface area (Å²) in [5, 5.41) is 23.1. The van der Waals surface area contributed by atoms with E-state index < -0.39 is 12.1 Å². The van der Waals surface area contributed by atoms with Crippen molar-refractivity contribution in [1.29, 1.82) is 0 Å². The molecule has 0 aromatic heterocycles. The maximum Gasteiger partial charge on any atom is 0.220 e. The lowest BCUT2D eigenvalue weighted by Gasteiger charge is -2.20. The Hall–Kier alpha value is -1.13. The van der Waals surface area contributed by atoms with Crippen molar-refractivity contribution < 1.29 is 15.0 Å². The molecule has 1 amide bonds. The minimum atomic E-state index is -0.839. The summed E-state index contributed by atoms with van der Waals surface area (Å²) in [7, 11) is 0. The molecule has 344 valence electrons. The number of rotatable bonds is 49. The third-order valence-electron chi connectivity index (χ3n) is 12.4. The molecule has 0 aliphatic carbocycles. The minimum absolute atomic E-state index is 0.0616. The number of carbonyl (C=O) groups is 1. The number of hydrogen-bond donors (Lipinski definition) is 3. The highest BCUT2D eigenvalue weighted by Crippen LogP contribution is 2.17. The number of nitrogens with one attached hydrogen (secondary N) is 1. The van der Waals surface area contributed by atoms with Crippen LogP contribution in [0.25, 0.3) is 0 Å². The van der Waals surface area contributed by atoms with Crippen LogP contribution >= 0.6 is 0 Å². The van der Waals surface area contributed by atoms with E-state index in [-0.39, 0.29) is 12.5 Å². The molecule has 3 N–H and O–H groups in total. The first-order valence-electron chi connectivity index (χ1n) is 26.6. The molecule has 0 heterocycles. The first-order valence-corrected chi connectivity index (χ1v) is 26.6. The zero-order valence-corrected chi connectivity index (χ0v) is 39.6. The topological polar surface area (TPSA) is 69.6 Å². The Bertz CT molecular complexity index is 840. The highest BCUT2D eigenvalue weighted by Gasteiger charge is 2.18. The zero-order chi connectivity index (χ0) is 42.1. The van der Waals surface area contributed by atoms with Gasteiger partial charge in [-0.2, -0.15) is 0 Å². The van der Waals surface area contributed by atoms with Crippen LogP contribution in [0.15, 0.2) is 24.3 Å². The van der Waals surface area contributed by atoms with E-state index in [0.717, 1.165) is 25.7 Å². The Morgan fingerprint density at radius 1 is 0.397 bits per heavy atom. The second-order valence-electron chi connectivity index (χ2n) is 18.3. The molecule has 0 bridgehead atoms. The van der Waals surface area contributed by atoms with Crippen molar-refractivity contribution in [3.05, 3.63) is 24.3 Å². The quantitative estimate of drug-likeness (QED) is 0.0423. The van der Waals surface area contributed by atoms with Gasteiger partial charge in [-0.3, -0.25) is 4.79 Å². The van der Waals surface area contributed by atoms with Crippen molar-refractivity contribution in [2.75, 3.05) is 6.61 Å². The predicted octanol–water partition coefficient (Wildman–Crippen LogP) is 17.1. The Labute approximate surface area is 364 Å². The predicted molar refractivity (Wildman–Crippen MR) is 258 cm³/mol. The molecule has 0 rings (SSSR count). The average Bonchev–Trinajstić information content (AvgIpc) is 3.23. The smallest absolute Gasteiger partial charge is 0.220 e. The van der Waals surface area contributed by atoms with E-state index in [1.54, 1.807) is 6.08 Å². The monoisotopic (exact) mass is 816 g/mol. The van der Waals surface area contributed by atoms with Crippen LogP contribution < -0.4 is 5.32 Å². The lowest BCUT2D eigenvalue weighted by atomic mass is 10.0. The summed E-state index contributed by atoms with van der Waals surface area (Å²) in [5.74, 6) is -0.0616. The van der Waals surface area contributed by atoms with Crippen molar-refractivity contribution in [2.24, 2.45) is 0 Å². The fourth-order valence-electron chi connectivity index (χ4n) is 8.35. The molecule has 58 heavy (non-hydrogen) atoms. The molecule has 0 saturated heterocycles. The van der Waals surface area contributed by atoms with E-state index in [4.69, 9.17) is 0 Å². The molecule has 0 spiro atoms. The molecular weight excluding hydrogens is 711 g/mol. The van der Waals surface area contributed by atoms with Gasteiger partial charge in [0.25, 0.3) is 0 Å². The summed E-state index contributed by atoms with van der Waals surface area (Å²) in [6, 6.07) is -0.622. The second-order valence-corrected chi connectivity index (χ2v) is 18.3. The highest BCUT2D eigenvalue weighted by atomic mass is 16.3. The number of hydrogen-bond acceptors (Lipinski definition) is 3. The van der Waals surface area contributed by atoms with Crippen LogP contribution in [0.1, 0.15) is 296 Å². The standard InChI is InChI=1S/C54H105NO3/c1-3-5-7-9-11-13-15-17-19-21-23-25-26-27-28-30-32-34-36-38-40-42-44-46-48-50-54(58)55-52(51-56)53(57)49-47-45-43-41-39-37-35-33-31-29-24-22-20-18-16-14-12-10-8-6-4-2/h27-28,47,49,52-53,56-57H,3-26,29-46,48,50-51H2,1-2H3,(H,55,58)/b28-27-,49-47+. The van der Waals surface area contributed by atoms with Crippen LogP contribution in [0.4, 0.5) is 0 Å². The van der Waals surface area contributed by atoms with Crippen LogP contribution in [-0.2, 0) is 4.79 Å². The van der Waals surface area contributed by atoms with Crippen molar-refractivity contribution in [3.63, 3.8) is 0 Å². The third-order valence-corrected chi connectivity index (χ3v) is 12.4. The summed E-state index contributed by atoms with van der Waals surface area (Å²) < 4.78 is 0. The molecule has 0 saturated carbocycles. The summed E-state index contributed by atoms with van der Waals surface area (Å²) in [6.07, 6.45) is 66.1. The molecular formula is C54H105NO3. The Balaban J connectivity index is 3.49. The Morgan fingerprint density at radius 3 is 0.948 bits per heavy atom. The maximum atomic E-state index is 12.4. The van der Waals surface area contributed by atoms with Gasteiger partial charge in [0.15, 0.2) is 0 Å². The summed E-state index contributed by atoms with van der Waals surface area (Å²) in [6.45, 7) is 4.34. The molecule has 4 heteroatoms. The molecule has 0 aromatic carbocycles. The molecule has 0 aliphatic heterocycles. The van der Waals surface area contributed by atoms with Gasteiger partial charge in [0.05, 0.1) is 18.8 Å². The molecule has 0 fully saturated rings. The lowest BCUT2D eigenvalue weighted by Crippen LogP contribution is -2.45. The highest BCUT2D eigenvalue weighted by molar-refractivity contribution is 5.76. The van der Waals surface area contributed by atoms with Crippen LogP contribution in [0.5, 0.6) is 0 Å². The van der Waals surface area contributed by atoms with Crippen LogP contribution in [-0.4, -0.2) is 34.9 Å². The van der Waals surface area contributed by atoms with Gasteiger partial charge in [0, 0.05) is 6.42 Å². The van der Waals surface area contributed by atoms with Gasteiger partial charge < -0.3 is 15.5 Å². The number of carbonyl (C=O) groups excluding carboxylic acids is 1. The fourth-order valence-corrected chi connectivity index (χ4v) is 8.35. The zero-order valence-electron chi connectivity index (χ0n) is 39.6. The number of aliphatic hydroxyl groups is 2. The SMILES string of the molecule is CCCCCCCCCCCCCC/C=C\CCCCCCCCCCCC(=O)NC(CO)C(O)/C=C/CCCCCCCCCCCCCCCCCCCCC. The van der Waals surface area contributed by atoms with E-state index in [2.05, 4.69) is 31.3 Å². The number of allylic oxidation sites excluding steroid dienone is 3. The number of amides is 1. The Kier molecular flexibility index (Phi) is 49.2. The van der Waals surface area contributed by atoms with E-state index in [9.17, 15) is 15.0 Å². The van der Waals surface area contributed by atoms with Gasteiger partial charge in [-0.1, -0.05) is 269 Å². The first kappa shape index (κ1) is 56.9. The van der Waals surface area contributed by atoms with Crippen molar-refractivity contribution in [3.8, 4) is 0 Å². The normalized spacial score (nSPS) is 13.0. The summed E-state index contributed by atoms with van der Waals surface area (Å²) in [5.41, 5.74) is 0. The van der Waals surface area contributed by atoms with E-state index >= 15 is 0 Å². The van der Waals surface area contributed by atoms with Gasteiger partial charge in [-0.05, 0) is 44.9 Å². The summed E-state index contributed by atoms with van der Waals surface area (Å²) in [4.78, 5) is 12.4. The van der Waals surface area contributed by atoms with Crippen LogP contribution in [0.3, 0.4) is 0 Å². The molecule has 4 nitrogen and oxygen atoms in total. The maximum absolute atomic E-state index is 12.4. The average molecular weight is 816 g/mol. The number of unbranched alkanes of at least 4 members (excludes halogenated alkanes) is 40. The van der Waals surface area contributed by atoms with Crippen LogP contribution in [0.2, 0.25) is 0 Å². The molecule has 0 radical (unpaired) electrons. The van der Waals surface area contributed by atoms with Crippen molar-refractivity contribution in [2.45, 2.75) is 309 Å². The van der Waals surface area contributed by atoms with E-state index in [1.165, 1.54) is 250 Å². The molecule has 0 aliphatic rings. The largest absolute Gasteiger partial charge is 0.394 e. The fraction of sp³-hybridized carbons (Fsp3) is 0.907. The third kappa shape index (κ3) is 45.9. The second kappa shape index (κ2) is 50.2. The van der Waals surface area contributed by atoms with Crippen molar-refractivity contribution >= 4 is 5.91 Å². The van der Waals surface area contributed by atoms with Crippen LogP contribution in [0, 0.1) is 0 Å². The Morgan fingerprint density at radius 2 is 0.655 bits per heavy atom. The molecule has 0 aromatic rings. The molecule has 2 unspecified atom stereocenters. The van der Waals surface area contributed by atoms with Gasteiger partial charge >= 0.3 is 0 Å². The van der Waals surface area contributed by atoms with Crippen molar-refractivity contribution in [1.82, 2.24) is 5.32 Å². The molecule has 2 atom stereocenters. The van der Waals surface area contributed by atoms with Gasteiger partial charge in [0.2, 0.25) is 5.91 Å². The van der Waals surface area contributed by atoms with E-state index in [1.807, 2.05) is 6.08 Å². The lowest BCUT2D eigenvalue weighted by molar-refractivity contribution is -0.123.